The number of benzene rings is 3. The van der Waals surface area contributed by atoms with Gasteiger partial charge in [-0.15, -0.1) is 0 Å². The molecule has 0 aliphatic heterocycles. The van der Waals surface area contributed by atoms with E-state index in [9.17, 15) is 4.79 Å². The molecule has 8 heteroatoms. The van der Waals surface area contributed by atoms with Crippen molar-refractivity contribution in [3.8, 4) is 0 Å². The van der Waals surface area contributed by atoms with Crippen molar-refractivity contribution in [1.82, 2.24) is 14.9 Å². The summed E-state index contributed by atoms with van der Waals surface area (Å²) in [6.07, 6.45) is 3.13. The van der Waals surface area contributed by atoms with Crippen LogP contribution in [0.3, 0.4) is 0 Å². The van der Waals surface area contributed by atoms with Gasteiger partial charge < -0.3 is 26.8 Å². The molecular weight excluding hydrogens is 591 g/mol. The Labute approximate surface area is 282 Å². The first-order valence-corrected chi connectivity index (χ1v) is 17.2. The number of nitrogens with one attached hydrogen (secondary N) is 2. The van der Waals surface area contributed by atoms with Crippen LogP contribution in [0.1, 0.15) is 64.0 Å². The van der Waals surface area contributed by atoms with Crippen LogP contribution in [0.25, 0.3) is 0 Å². The Morgan fingerprint density at radius 1 is 0.891 bits per heavy atom. The number of likely N-dealkylation sites (N-methyl/N-ethyl adjacent to an activating group) is 1. The van der Waals surface area contributed by atoms with Crippen molar-refractivity contribution in [2.45, 2.75) is 69.9 Å². The minimum absolute atomic E-state index is 0.0324. The van der Waals surface area contributed by atoms with Crippen LogP contribution >= 0.6 is 11.9 Å². The van der Waals surface area contributed by atoms with Gasteiger partial charge in [0.1, 0.15) is 5.76 Å². The molecule has 6 N–H and O–H groups in total. The summed E-state index contributed by atoms with van der Waals surface area (Å²) in [5.41, 5.74) is 14.5. The Balaban J connectivity index is 0.000000713. The molecule has 0 radical (unpaired) electrons. The lowest BCUT2D eigenvalue weighted by atomic mass is 9.84. The number of unbranched alkanes of at least 4 members (excludes halogenated alkanes) is 2. The molecule has 0 aliphatic carbocycles. The Hall–Kier alpha value is -3.30. The van der Waals surface area contributed by atoms with Crippen LogP contribution in [-0.2, 0) is 9.53 Å². The van der Waals surface area contributed by atoms with Gasteiger partial charge in [0.15, 0.2) is 0 Å². The van der Waals surface area contributed by atoms with E-state index < -0.39 is 0 Å². The maximum atomic E-state index is 13.3. The molecule has 0 aliphatic rings. The summed E-state index contributed by atoms with van der Waals surface area (Å²) >= 11 is 1.80. The zero-order valence-corrected chi connectivity index (χ0v) is 29.6. The summed E-state index contributed by atoms with van der Waals surface area (Å²) in [6.45, 7) is 15.0. The van der Waals surface area contributed by atoms with Gasteiger partial charge in [0.2, 0.25) is 5.91 Å². The summed E-state index contributed by atoms with van der Waals surface area (Å²) < 4.78 is 7.29. The molecule has 252 valence electrons. The Bertz CT molecular complexity index is 1220. The van der Waals surface area contributed by atoms with Crippen molar-refractivity contribution in [1.29, 1.82) is 0 Å². The number of rotatable bonds is 18. The minimum Gasteiger partial charge on any atom is -0.500 e. The fourth-order valence-corrected chi connectivity index (χ4v) is 6.17. The standard InChI is InChI=1S/C31H42N4OS.C7H15NO/c1-24(2)23-35(37-28-19-17-27(32)18-20-28)22-12-6-11-21-34-31(36)30(33-3)29(25-13-7-4-8-14-25)26-15-9-5-10-16-26;1-5(2)7(8)6(3)9-4/h4-5,7-10,13-20,24,29-30,33H,6,11-12,21-23,32H2,1-3H3,(H,34,36);5,7H,3,8H2,1-2,4H3. The van der Waals surface area contributed by atoms with Gasteiger partial charge in [0, 0.05) is 36.1 Å². The molecule has 0 heterocycles. The molecule has 46 heavy (non-hydrogen) atoms. The van der Waals surface area contributed by atoms with Crippen LogP contribution in [0.15, 0.2) is 102 Å². The van der Waals surface area contributed by atoms with Crippen LogP contribution in [0.5, 0.6) is 0 Å². The molecule has 1 amide bonds. The number of hydrogen-bond donors (Lipinski definition) is 4. The van der Waals surface area contributed by atoms with Gasteiger partial charge in [-0.1, -0.05) is 101 Å². The van der Waals surface area contributed by atoms with Gasteiger partial charge >= 0.3 is 0 Å². The first-order valence-electron chi connectivity index (χ1n) is 16.4. The third kappa shape index (κ3) is 14.0. The molecule has 0 aromatic heterocycles. The fourth-order valence-electron chi connectivity index (χ4n) is 5.03. The van der Waals surface area contributed by atoms with Crippen molar-refractivity contribution in [2.75, 3.05) is 39.5 Å². The second-order valence-corrected chi connectivity index (χ2v) is 13.5. The zero-order valence-electron chi connectivity index (χ0n) is 28.7. The predicted octanol–water partition coefficient (Wildman–Crippen LogP) is 7.07. The van der Waals surface area contributed by atoms with Crippen LogP contribution < -0.4 is 22.1 Å². The largest absolute Gasteiger partial charge is 0.500 e. The van der Waals surface area contributed by atoms with E-state index in [-0.39, 0.29) is 23.9 Å². The molecule has 3 aromatic carbocycles. The van der Waals surface area contributed by atoms with E-state index in [1.54, 1.807) is 19.1 Å². The second kappa shape index (κ2) is 21.5. The number of hydrogen-bond acceptors (Lipinski definition) is 7. The maximum Gasteiger partial charge on any atom is 0.238 e. The van der Waals surface area contributed by atoms with Gasteiger partial charge in [0.05, 0.1) is 19.2 Å². The molecule has 2 atom stereocenters. The van der Waals surface area contributed by atoms with Gasteiger partial charge in [0.25, 0.3) is 0 Å². The number of carbonyl (C=O) groups is 1. The Morgan fingerprint density at radius 2 is 1.46 bits per heavy atom. The van der Waals surface area contributed by atoms with E-state index in [0.29, 0.717) is 24.1 Å². The van der Waals surface area contributed by atoms with Gasteiger partial charge in [-0.3, -0.25) is 4.79 Å². The van der Waals surface area contributed by atoms with Crippen LogP contribution in [-0.4, -0.2) is 56.1 Å². The number of nitrogens with two attached hydrogens (primary N) is 2. The molecule has 0 spiro atoms. The summed E-state index contributed by atoms with van der Waals surface area (Å²) in [7, 11) is 3.45. The fraction of sp³-hybridized carbons (Fsp3) is 0.447. The van der Waals surface area contributed by atoms with Gasteiger partial charge in [-0.2, -0.15) is 0 Å². The number of methoxy groups -OCH3 is 1. The highest BCUT2D eigenvalue weighted by Gasteiger charge is 2.29. The number of anilines is 1. The Morgan fingerprint density at radius 3 is 1.91 bits per heavy atom. The normalized spacial score (nSPS) is 12.5. The second-order valence-electron chi connectivity index (χ2n) is 12.3. The van der Waals surface area contributed by atoms with Crippen molar-refractivity contribution in [3.05, 3.63) is 108 Å². The average Bonchev–Trinajstić information content (AvgIpc) is 3.06. The SMILES string of the molecule is C=C(OC)C(N)C(C)C.CNC(C(=O)NCCCCCN(CC(C)C)Sc1ccc(N)cc1)C(c1ccccc1)c1ccccc1. The van der Waals surface area contributed by atoms with E-state index in [4.69, 9.17) is 16.2 Å². The first kappa shape index (κ1) is 38.9. The lowest BCUT2D eigenvalue weighted by Gasteiger charge is -2.27. The van der Waals surface area contributed by atoms with Crippen LogP contribution in [0.4, 0.5) is 5.69 Å². The van der Waals surface area contributed by atoms with Crippen molar-refractivity contribution >= 4 is 23.5 Å². The highest BCUT2D eigenvalue weighted by Crippen LogP contribution is 2.28. The molecule has 0 saturated heterocycles. The lowest BCUT2D eigenvalue weighted by molar-refractivity contribution is -0.123. The van der Waals surface area contributed by atoms with Crippen LogP contribution in [0, 0.1) is 11.8 Å². The van der Waals surface area contributed by atoms with E-state index in [1.165, 1.54) is 4.90 Å². The minimum atomic E-state index is -0.345. The van der Waals surface area contributed by atoms with Crippen molar-refractivity contribution < 1.29 is 9.53 Å². The molecular formula is C38H57N5O2S. The molecule has 0 saturated carbocycles. The predicted molar refractivity (Wildman–Crippen MR) is 197 cm³/mol. The molecule has 2 unspecified atom stereocenters. The number of ether oxygens (including phenoxy) is 1. The maximum absolute atomic E-state index is 13.3. The highest BCUT2D eigenvalue weighted by molar-refractivity contribution is 7.97. The van der Waals surface area contributed by atoms with E-state index in [2.05, 4.69) is 71.8 Å². The third-order valence-electron chi connectivity index (χ3n) is 7.66. The zero-order chi connectivity index (χ0) is 33.9. The van der Waals surface area contributed by atoms with Crippen molar-refractivity contribution in [3.63, 3.8) is 0 Å². The number of carbonyl (C=O) groups excluding carboxylic acids is 1. The highest BCUT2D eigenvalue weighted by atomic mass is 32.2. The first-order chi connectivity index (χ1) is 22.1. The summed E-state index contributed by atoms with van der Waals surface area (Å²) in [4.78, 5) is 14.5. The number of amides is 1. The van der Waals surface area contributed by atoms with E-state index in [0.717, 1.165) is 49.2 Å². The van der Waals surface area contributed by atoms with E-state index >= 15 is 0 Å². The molecule has 3 rings (SSSR count). The summed E-state index contributed by atoms with van der Waals surface area (Å²) in [6, 6.07) is 28.2. The lowest BCUT2D eigenvalue weighted by Crippen LogP contribution is -2.47. The van der Waals surface area contributed by atoms with Crippen molar-refractivity contribution in [2.24, 2.45) is 17.6 Å². The topological polar surface area (TPSA) is 106 Å². The molecule has 0 fully saturated rings. The van der Waals surface area contributed by atoms with E-state index in [1.807, 2.05) is 69.4 Å². The quantitative estimate of drug-likeness (QED) is 0.0507. The average molecular weight is 648 g/mol. The summed E-state index contributed by atoms with van der Waals surface area (Å²) in [5.74, 6) is 1.64. The Kier molecular flexibility index (Phi) is 18.2. The summed E-state index contributed by atoms with van der Waals surface area (Å²) in [5, 5.41) is 6.47. The number of nitrogens with zero attached hydrogens (tertiary/aromatic N) is 1. The van der Waals surface area contributed by atoms with Gasteiger partial charge in [-0.25, -0.2) is 4.31 Å². The molecule has 0 bridgehead atoms. The number of nitrogen functional groups attached to an aromatic ring is 1. The monoisotopic (exact) mass is 647 g/mol. The third-order valence-corrected chi connectivity index (χ3v) is 8.74. The molecule has 7 nitrogen and oxygen atoms in total. The smallest absolute Gasteiger partial charge is 0.238 e. The van der Waals surface area contributed by atoms with Gasteiger partial charge in [-0.05, 0) is 79.1 Å². The molecule has 3 aromatic rings. The van der Waals surface area contributed by atoms with Crippen LogP contribution in [0.2, 0.25) is 0 Å².